The first-order chi connectivity index (χ1) is 10.6. The zero-order chi connectivity index (χ0) is 15.9. The van der Waals surface area contributed by atoms with Crippen LogP contribution in [-0.4, -0.2) is 17.9 Å². The van der Waals surface area contributed by atoms with Crippen LogP contribution >= 0.6 is 15.9 Å². The van der Waals surface area contributed by atoms with Crippen LogP contribution in [0.2, 0.25) is 0 Å². The van der Waals surface area contributed by atoms with Crippen molar-refractivity contribution in [3.63, 3.8) is 0 Å². The number of benzene rings is 1. The summed E-state index contributed by atoms with van der Waals surface area (Å²) in [5, 5.41) is 0. The van der Waals surface area contributed by atoms with Crippen LogP contribution in [0.5, 0.6) is 5.88 Å². The largest absolute Gasteiger partial charge is 0.481 e. The van der Waals surface area contributed by atoms with Gasteiger partial charge >= 0.3 is 0 Å². The highest BCUT2D eigenvalue weighted by molar-refractivity contribution is 9.10. The predicted molar refractivity (Wildman–Crippen MR) is 91.5 cm³/mol. The summed E-state index contributed by atoms with van der Waals surface area (Å²) in [6.07, 6.45) is 4.14. The lowest BCUT2D eigenvalue weighted by Crippen LogP contribution is -2.08. The zero-order valence-electron chi connectivity index (χ0n) is 12.9. The highest BCUT2D eigenvalue weighted by Crippen LogP contribution is 2.28. The van der Waals surface area contributed by atoms with Gasteiger partial charge in [-0.3, -0.25) is 4.79 Å². The van der Waals surface area contributed by atoms with Crippen molar-refractivity contribution in [2.75, 3.05) is 7.11 Å². The Labute approximate surface area is 139 Å². The van der Waals surface area contributed by atoms with E-state index in [1.807, 2.05) is 12.1 Å². The lowest BCUT2D eigenvalue weighted by atomic mass is 9.88. The van der Waals surface area contributed by atoms with Crippen molar-refractivity contribution in [1.82, 2.24) is 4.98 Å². The topological polar surface area (TPSA) is 39.2 Å². The van der Waals surface area contributed by atoms with Crippen LogP contribution in [0.1, 0.15) is 48.0 Å². The van der Waals surface area contributed by atoms with Gasteiger partial charge in [-0.25, -0.2) is 4.98 Å². The molecular formula is C18H20BrNO2. The molecule has 4 heteroatoms. The highest BCUT2D eigenvalue weighted by Gasteiger charge is 2.17. The van der Waals surface area contributed by atoms with Crippen LogP contribution in [0, 0.1) is 0 Å². The van der Waals surface area contributed by atoms with Crippen molar-refractivity contribution in [3.05, 3.63) is 58.2 Å². The second-order valence-electron chi connectivity index (χ2n) is 5.25. The van der Waals surface area contributed by atoms with Crippen molar-refractivity contribution < 1.29 is 9.53 Å². The predicted octanol–water partition coefficient (Wildman–Crippen LogP) is 5.01. The van der Waals surface area contributed by atoms with Crippen LogP contribution in [0.4, 0.5) is 0 Å². The molecule has 0 bridgehead atoms. The van der Waals surface area contributed by atoms with E-state index in [2.05, 4.69) is 40.0 Å². The number of halogens is 1. The van der Waals surface area contributed by atoms with E-state index in [1.54, 1.807) is 25.4 Å². The molecule has 0 amide bonds. The summed E-state index contributed by atoms with van der Waals surface area (Å²) in [7, 11) is 1.56. The third-order valence-electron chi connectivity index (χ3n) is 3.68. The Bertz CT molecular complexity index is 608. The summed E-state index contributed by atoms with van der Waals surface area (Å²) in [6.45, 7) is 2.14. The Morgan fingerprint density at radius 3 is 2.50 bits per heavy atom. The van der Waals surface area contributed by atoms with Crippen LogP contribution in [0.15, 0.2) is 47.1 Å². The molecule has 0 spiro atoms. The number of nitrogens with zero attached hydrogens (tertiary/aromatic N) is 1. The average molecular weight is 362 g/mol. The molecule has 0 saturated carbocycles. The van der Waals surface area contributed by atoms with Crippen molar-refractivity contribution in [2.24, 2.45) is 0 Å². The van der Waals surface area contributed by atoms with Gasteiger partial charge in [0, 0.05) is 28.7 Å². The summed E-state index contributed by atoms with van der Waals surface area (Å²) >= 11 is 3.45. The fourth-order valence-corrected chi connectivity index (χ4v) is 2.74. The first kappa shape index (κ1) is 16.7. The van der Waals surface area contributed by atoms with Gasteiger partial charge in [0.15, 0.2) is 5.78 Å². The number of methoxy groups -OCH3 is 1. The Hall–Kier alpha value is -1.68. The number of pyridine rings is 1. The fourth-order valence-electron chi connectivity index (χ4n) is 2.48. The molecule has 22 heavy (non-hydrogen) atoms. The third kappa shape index (κ3) is 4.41. The van der Waals surface area contributed by atoms with Crippen LogP contribution in [0.25, 0.3) is 0 Å². The maximum absolute atomic E-state index is 12.5. The molecule has 0 N–H and O–H groups in total. The Kier molecular flexibility index (Phi) is 6.13. The molecule has 1 atom stereocenters. The number of ketones is 1. The van der Waals surface area contributed by atoms with E-state index in [-0.39, 0.29) is 11.7 Å². The summed E-state index contributed by atoms with van der Waals surface area (Å²) < 4.78 is 6.08. The quantitative estimate of drug-likeness (QED) is 0.650. The standard InChI is InChI=1S/C18H20BrNO2/c1-3-4-14(13-5-8-16(19)9-6-13)11-17(21)15-7-10-18(22-2)20-12-15/h5-10,12,14H,3-4,11H2,1-2H3. The molecule has 0 aliphatic rings. The van der Waals surface area contributed by atoms with E-state index < -0.39 is 0 Å². The van der Waals surface area contributed by atoms with E-state index in [9.17, 15) is 4.79 Å². The molecule has 1 aromatic carbocycles. The minimum Gasteiger partial charge on any atom is -0.481 e. The lowest BCUT2D eigenvalue weighted by molar-refractivity contribution is 0.0971. The van der Waals surface area contributed by atoms with E-state index in [0.717, 1.165) is 17.3 Å². The Balaban J connectivity index is 2.12. The molecule has 116 valence electrons. The number of rotatable bonds is 7. The molecule has 1 heterocycles. The lowest BCUT2D eigenvalue weighted by Gasteiger charge is -2.16. The minimum atomic E-state index is 0.122. The summed E-state index contributed by atoms with van der Waals surface area (Å²) in [6, 6.07) is 11.7. The van der Waals surface area contributed by atoms with Crippen LogP contribution in [0.3, 0.4) is 0 Å². The van der Waals surface area contributed by atoms with Gasteiger partial charge in [0.1, 0.15) is 0 Å². The molecule has 1 aromatic heterocycles. The summed E-state index contributed by atoms with van der Waals surface area (Å²) in [5.74, 6) is 0.888. The van der Waals surface area contributed by atoms with Gasteiger partial charge in [-0.1, -0.05) is 41.4 Å². The number of hydrogen-bond acceptors (Lipinski definition) is 3. The van der Waals surface area contributed by atoms with Gasteiger partial charge in [0.2, 0.25) is 5.88 Å². The first-order valence-electron chi connectivity index (χ1n) is 7.42. The maximum atomic E-state index is 12.5. The second kappa shape index (κ2) is 8.08. The fraction of sp³-hybridized carbons (Fsp3) is 0.333. The zero-order valence-corrected chi connectivity index (χ0v) is 14.5. The number of hydrogen-bond donors (Lipinski definition) is 0. The van der Waals surface area contributed by atoms with Crippen LogP contribution in [-0.2, 0) is 0 Å². The molecule has 0 fully saturated rings. The van der Waals surface area contributed by atoms with Crippen molar-refractivity contribution in [2.45, 2.75) is 32.1 Å². The molecule has 3 nitrogen and oxygen atoms in total. The number of aromatic nitrogens is 1. The monoisotopic (exact) mass is 361 g/mol. The molecule has 0 aliphatic heterocycles. The van der Waals surface area contributed by atoms with Gasteiger partial charge in [0.05, 0.1) is 7.11 Å². The molecule has 2 rings (SSSR count). The van der Waals surface area contributed by atoms with Crippen LogP contribution < -0.4 is 4.74 Å². The number of Topliss-reactive ketones (excluding diaryl/α,β-unsaturated/α-hetero) is 1. The van der Waals surface area contributed by atoms with E-state index in [0.29, 0.717) is 17.9 Å². The molecular weight excluding hydrogens is 342 g/mol. The molecule has 0 saturated heterocycles. The minimum absolute atomic E-state index is 0.122. The van der Waals surface area contributed by atoms with Gasteiger partial charge in [-0.2, -0.15) is 0 Å². The van der Waals surface area contributed by atoms with Gasteiger partial charge in [-0.15, -0.1) is 0 Å². The number of carbonyl (C=O) groups excluding carboxylic acids is 1. The van der Waals surface area contributed by atoms with Gasteiger partial charge in [0.25, 0.3) is 0 Å². The average Bonchev–Trinajstić information content (AvgIpc) is 2.55. The molecule has 1 unspecified atom stereocenters. The Morgan fingerprint density at radius 1 is 1.23 bits per heavy atom. The molecule has 0 radical (unpaired) electrons. The van der Waals surface area contributed by atoms with Crippen molar-refractivity contribution >= 4 is 21.7 Å². The first-order valence-corrected chi connectivity index (χ1v) is 8.22. The summed E-state index contributed by atoms with van der Waals surface area (Å²) in [4.78, 5) is 16.6. The maximum Gasteiger partial charge on any atom is 0.212 e. The van der Waals surface area contributed by atoms with E-state index >= 15 is 0 Å². The van der Waals surface area contributed by atoms with Gasteiger partial charge in [-0.05, 0) is 36.1 Å². The third-order valence-corrected chi connectivity index (χ3v) is 4.21. The van der Waals surface area contributed by atoms with Crippen molar-refractivity contribution in [3.8, 4) is 5.88 Å². The SMILES string of the molecule is CCCC(CC(=O)c1ccc(OC)nc1)c1ccc(Br)cc1. The Morgan fingerprint density at radius 2 is 1.95 bits per heavy atom. The van der Waals surface area contributed by atoms with E-state index in [4.69, 9.17) is 4.74 Å². The smallest absolute Gasteiger partial charge is 0.212 e. The van der Waals surface area contributed by atoms with Gasteiger partial charge < -0.3 is 4.74 Å². The number of carbonyl (C=O) groups is 1. The normalized spacial score (nSPS) is 12.0. The van der Waals surface area contributed by atoms with E-state index in [1.165, 1.54) is 5.56 Å². The molecule has 2 aromatic rings. The second-order valence-corrected chi connectivity index (χ2v) is 6.17. The highest BCUT2D eigenvalue weighted by atomic mass is 79.9. The van der Waals surface area contributed by atoms with Crippen molar-refractivity contribution in [1.29, 1.82) is 0 Å². The molecule has 0 aliphatic carbocycles. The number of ether oxygens (including phenoxy) is 1. The summed E-state index contributed by atoms with van der Waals surface area (Å²) in [5.41, 5.74) is 1.85.